The minimum atomic E-state index is -0.518. The van der Waals surface area contributed by atoms with Crippen molar-refractivity contribution >= 4 is 39.0 Å². The summed E-state index contributed by atoms with van der Waals surface area (Å²) in [5, 5.41) is 31.4. The number of nitro groups is 2. The first kappa shape index (κ1) is 21.7. The van der Waals surface area contributed by atoms with E-state index in [0.29, 0.717) is 16.9 Å². The molecule has 0 unspecified atom stereocenters. The second-order valence-electron chi connectivity index (χ2n) is 6.37. The van der Waals surface area contributed by atoms with Gasteiger partial charge in [-0.15, -0.1) is 0 Å². The summed E-state index contributed by atoms with van der Waals surface area (Å²) in [6.07, 6.45) is 1.59. The number of ether oxygens (including phenoxy) is 1. The van der Waals surface area contributed by atoms with Crippen LogP contribution in [0.25, 0.3) is 11.6 Å². The van der Waals surface area contributed by atoms with Crippen LogP contribution in [-0.2, 0) is 6.61 Å². The molecule has 8 nitrogen and oxygen atoms in total. The number of allylic oxidation sites excluding steroid dienone is 1. The van der Waals surface area contributed by atoms with Gasteiger partial charge in [0.15, 0.2) is 0 Å². The Hall–Kier alpha value is -4.03. The van der Waals surface area contributed by atoms with E-state index >= 15 is 0 Å². The highest BCUT2D eigenvalue weighted by molar-refractivity contribution is 9.10. The highest BCUT2D eigenvalue weighted by Crippen LogP contribution is 2.29. The highest BCUT2D eigenvalue weighted by atomic mass is 79.9. The lowest BCUT2D eigenvalue weighted by Crippen LogP contribution is -1.98. The zero-order valence-corrected chi connectivity index (χ0v) is 17.5. The zero-order chi connectivity index (χ0) is 22.4. The molecule has 0 N–H and O–H groups in total. The molecule has 0 bridgehead atoms. The summed E-state index contributed by atoms with van der Waals surface area (Å²) in [5.74, 6) is 0.486. The summed E-state index contributed by atoms with van der Waals surface area (Å²) in [6.45, 7) is 0.166. The van der Waals surface area contributed by atoms with Crippen molar-refractivity contribution in [1.29, 1.82) is 5.26 Å². The molecule has 9 heteroatoms. The van der Waals surface area contributed by atoms with Crippen molar-refractivity contribution in [3.63, 3.8) is 0 Å². The Bertz CT molecular complexity index is 1220. The van der Waals surface area contributed by atoms with Crippen LogP contribution < -0.4 is 4.74 Å². The van der Waals surface area contributed by atoms with Crippen LogP contribution in [0, 0.1) is 31.6 Å². The second-order valence-corrected chi connectivity index (χ2v) is 7.29. The minimum absolute atomic E-state index is 0.00775. The molecule has 0 fully saturated rings. The molecule has 0 aliphatic carbocycles. The fourth-order valence-corrected chi connectivity index (χ4v) is 3.14. The van der Waals surface area contributed by atoms with Crippen LogP contribution in [0.1, 0.15) is 16.7 Å². The van der Waals surface area contributed by atoms with E-state index < -0.39 is 9.85 Å². The Labute approximate surface area is 185 Å². The van der Waals surface area contributed by atoms with Gasteiger partial charge in [-0.25, -0.2) is 0 Å². The maximum Gasteiger partial charge on any atom is 0.270 e. The summed E-state index contributed by atoms with van der Waals surface area (Å²) in [7, 11) is 0. The Balaban J connectivity index is 1.89. The summed E-state index contributed by atoms with van der Waals surface area (Å²) in [6, 6.07) is 19.2. The largest absolute Gasteiger partial charge is 0.488 e. The topological polar surface area (TPSA) is 119 Å². The van der Waals surface area contributed by atoms with E-state index in [2.05, 4.69) is 22.0 Å². The lowest BCUT2D eigenvalue weighted by Gasteiger charge is -2.11. The van der Waals surface area contributed by atoms with Gasteiger partial charge < -0.3 is 4.74 Å². The first-order chi connectivity index (χ1) is 14.9. The molecule has 0 atom stereocenters. The molecule has 31 heavy (non-hydrogen) atoms. The van der Waals surface area contributed by atoms with Gasteiger partial charge >= 0.3 is 0 Å². The third-order valence-electron chi connectivity index (χ3n) is 4.30. The molecule has 0 saturated heterocycles. The minimum Gasteiger partial charge on any atom is -0.488 e. The summed E-state index contributed by atoms with van der Waals surface area (Å²) >= 11 is 3.39. The summed E-state index contributed by atoms with van der Waals surface area (Å²) < 4.78 is 6.63. The second kappa shape index (κ2) is 9.65. The predicted molar refractivity (Wildman–Crippen MR) is 118 cm³/mol. The van der Waals surface area contributed by atoms with Gasteiger partial charge in [-0.05, 0) is 47.5 Å². The fraction of sp³-hybridized carbons (Fsp3) is 0.0455. The van der Waals surface area contributed by atoms with Crippen LogP contribution in [0.2, 0.25) is 0 Å². The zero-order valence-electron chi connectivity index (χ0n) is 15.9. The van der Waals surface area contributed by atoms with Crippen LogP contribution in [-0.4, -0.2) is 9.85 Å². The Morgan fingerprint density at radius 3 is 2.35 bits per heavy atom. The van der Waals surface area contributed by atoms with Crippen LogP contribution in [0.4, 0.5) is 11.4 Å². The van der Waals surface area contributed by atoms with Gasteiger partial charge in [-0.1, -0.05) is 28.1 Å². The van der Waals surface area contributed by atoms with E-state index in [0.717, 1.165) is 10.0 Å². The maximum atomic E-state index is 11.0. The maximum absolute atomic E-state index is 11.0. The van der Waals surface area contributed by atoms with Crippen molar-refractivity contribution in [1.82, 2.24) is 0 Å². The Morgan fingerprint density at radius 2 is 1.71 bits per heavy atom. The molecular weight excluding hydrogens is 466 g/mol. The van der Waals surface area contributed by atoms with Crippen LogP contribution >= 0.6 is 15.9 Å². The number of nitrogens with zero attached hydrogens (tertiary/aromatic N) is 3. The van der Waals surface area contributed by atoms with Gasteiger partial charge in [0.1, 0.15) is 12.4 Å². The van der Waals surface area contributed by atoms with Gasteiger partial charge in [0.25, 0.3) is 11.4 Å². The van der Waals surface area contributed by atoms with Gasteiger partial charge in [0.05, 0.1) is 21.5 Å². The average molecular weight is 480 g/mol. The lowest BCUT2D eigenvalue weighted by atomic mass is 10.0. The highest BCUT2D eigenvalue weighted by Gasteiger charge is 2.11. The van der Waals surface area contributed by atoms with Crippen LogP contribution in [0.5, 0.6) is 5.75 Å². The van der Waals surface area contributed by atoms with Crippen molar-refractivity contribution in [3.8, 4) is 11.8 Å². The smallest absolute Gasteiger partial charge is 0.270 e. The molecule has 0 aliphatic rings. The molecule has 154 valence electrons. The summed E-state index contributed by atoms with van der Waals surface area (Å²) in [4.78, 5) is 20.8. The van der Waals surface area contributed by atoms with Crippen molar-refractivity contribution < 1.29 is 14.6 Å². The van der Waals surface area contributed by atoms with E-state index in [1.165, 1.54) is 30.3 Å². The van der Waals surface area contributed by atoms with E-state index in [1.54, 1.807) is 42.5 Å². The van der Waals surface area contributed by atoms with Crippen LogP contribution in [0.15, 0.2) is 71.2 Å². The fourth-order valence-electron chi connectivity index (χ4n) is 2.76. The standard InChI is InChI=1S/C22H14BrN3O5/c23-19-6-9-22(31-14-15-4-7-20(8-5-15)25(27)28)17(11-19)10-18(13-24)16-2-1-3-21(12-16)26(29)30/h1-12H,14H2/b18-10-. The van der Waals surface area contributed by atoms with Crippen molar-refractivity contribution in [2.75, 3.05) is 0 Å². The van der Waals surface area contributed by atoms with Crippen molar-refractivity contribution in [3.05, 3.63) is 108 Å². The molecular formula is C22H14BrN3O5. The van der Waals surface area contributed by atoms with Crippen molar-refractivity contribution in [2.24, 2.45) is 0 Å². The molecule has 0 amide bonds. The molecule has 0 radical (unpaired) electrons. The Kier molecular flexibility index (Phi) is 6.74. The number of halogens is 1. The SMILES string of the molecule is N#C/C(=C/c1cc(Br)ccc1OCc1ccc([N+](=O)[O-])cc1)c1cccc([N+](=O)[O-])c1. The molecule has 0 spiro atoms. The van der Waals surface area contributed by atoms with Crippen LogP contribution in [0.3, 0.4) is 0 Å². The molecule has 0 aromatic heterocycles. The number of nitro benzene ring substituents is 2. The van der Waals surface area contributed by atoms with Gasteiger partial charge in [0, 0.05) is 34.3 Å². The predicted octanol–water partition coefficient (Wildman–Crippen LogP) is 5.91. The van der Waals surface area contributed by atoms with Gasteiger partial charge in [-0.3, -0.25) is 20.2 Å². The van der Waals surface area contributed by atoms with Gasteiger partial charge in [-0.2, -0.15) is 5.26 Å². The number of non-ortho nitro benzene ring substituents is 2. The number of nitriles is 1. The first-order valence-corrected chi connectivity index (χ1v) is 9.69. The van der Waals surface area contributed by atoms with Gasteiger partial charge in [0.2, 0.25) is 0 Å². The molecule has 3 rings (SSSR count). The number of hydrogen-bond acceptors (Lipinski definition) is 6. The number of rotatable bonds is 7. The molecule has 0 saturated carbocycles. The molecule has 3 aromatic carbocycles. The molecule has 0 heterocycles. The number of benzene rings is 3. The monoisotopic (exact) mass is 479 g/mol. The van der Waals surface area contributed by atoms with Crippen molar-refractivity contribution in [2.45, 2.75) is 6.61 Å². The first-order valence-electron chi connectivity index (χ1n) is 8.89. The number of hydrogen-bond donors (Lipinski definition) is 0. The summed E-state index contributed by atoms with van der Waals surface area (Å²) in [5.41, 5.74) is 1.87. The quantitative estimate of drug-likeness (QED) is 0.180. The molecule has 3 aromatic rings. The normalized spacial score (nSPS) is 10.9. The van der Waals surface area contributed by atoms with E-state index in [4.69, 9.17) is 4.74 Å². The van der Waals surface area contributed by atoms with E-state index in [-0.39, 0.29) is 23.6 Å². The van der Waals surface area contributed by atoms with E-state index in [9.17, 15) is 25.5 Å². The van der Waals surface area contributed by atoms with E-state index in [1.807, 2.05) is 0 Å². The average Bonchev–Trinajstić information content (AvgIpc) is 2.77. The Morgan fingerprint density at radius 1 is 1.00 bits per heavy atom. The third-order valence-corrected chi connectivity index (χ3v) is 4.79. The lowest BCUT2D eigenvalue weighted by molar-refractivity contribution is -0.385. The molecule has 0 aliphatic heterocycles. The third kappa shape index (κ3) is 5.52.